The Balaban J connectivity index is 1.93. The lowest BCUT2D eigenvalue weighted by molar-refractivity contribution is -0.139. The molecule has 3 rings (SSSR count). The molecule has 2 N–H and O–H groups in total. The monoisotopic (exact) mass is 450 g/mol. The van der Waals surface area contributed by atoms with Crippen molar-refractivity contribution in [1.82, 2.24) is 10.6 Å². The molecule has 0 aliphatic carbocycles. The first kappa shape index (κ1) is 22.2. The van der Waals surface area contributed by atoms with Crippen molar-refractivity contribution in [2.45, 2.75) is 13.0 Å². The van der Waals surface area contributed by atoms with Crippen LogP contribution in [0.15, 0.2) is 53.7 Å². The molecule has 10 heteroatoms. The lowest BCUT2D eigenvalue weighted by atomic mass is 9.95. The Hall–Kier alpha value is -3.46. The summed E-state index contributed by atoms with van der Waals surface area (Å²) in [5.41, 5.74) is 0.228. The van der Waals surface area contributed by atoms with Crippen molar-refractivity contribution >= 4 is 29.6 Å². The Morgan fingerprint density at radius 1 is 1.06 bits per heavy atom. The largest absolute Gasteiger partial charge is 0.463 e. The number of esters is 2. The first-order valence-electron chi connectivity index (χ1n) is 9.16. The number of urea groups is 1. The molecule has 0 saturated carbocycles. The second kappa shape index (κ2) is 9.57. The van der Waals surface area contributed by atoms with Crippen LogP contribution in [0.1, 0.15) is 28.9 Å². The van der Waals surface area contributed by atoms with E-state index in [-0.39, 0.29) is 22.9 Å². The van der Waals surface area contributed by atoms with E-state index >= 15 is 0 Å². The van der Waals surface area contributed by atoms with Gasteiger partial charge in [-0.2, -0.15) is 0 Å². The molecule has 0 bridgehead atoms. The van der Waals surface area contributed by atoms with Crippen molar-refractivity contribution in [3.8, 4) is 0 Å². The molecule has 0 saturated heterocycles. The van der Waals surface area contributed by atoms with Crippen LogP contribution in [0.5, 0.6) is 0 Å². The van der Waals surface area contributed by atoms with Gasteiger partial charge >= 0.3 is 18.0 Å². The van der Waals surface area contributed by atoms with Crippen molar-refractivity contribution in [2.24, 2.45) is 0 Å². The smallest absolute Gasteiger partial charge is 0.340 e. The van der Waals surface area contributed by atoms with Crippen LogP contribution in [-0.2, 0) is 14.3 Å². The molecule has 1 aliphatic rings. The minimum atomic E-state index is -1.28. The zero-order chi connectivity index (χ0) is 22.5. The highest BCUT2D eigenvalue weighted by molar-refractivity contribution is 6.33. The Morgan fingerprint density at radius 2 is 1.74 bits per heavy atom. The summed E-state index contributed by atoms with van der Waals surface area (Å²) in [6.07, 6.45) is 0. The van der Waals surface area contributed by atoms with Crippen molar-refractivity contribution in [3.63, 3.8) is 0 Å². The number of hydrogen-bond acceptors (Lipinski definition) is 5. The lowest BCUT2D eigenvalue weighted by Crippen LogP contribution is -2.47. The molecule has 1 unspecified atom stereocenters. The molecule has 0 fully saturated rings. The fraction of sp³-hybridized carbons (Fsp3) is 0.190. The molecule has 0 radical (unpaired) electrons. The minimum Gasteiger partial charge on any atom is -0.463 e. The van der Waals surface area contributed by atoms with Crippen molar-refractivity contribution < 1.29 is 32.6 Å². The molecule has 1 atom stereocenters. The van der Waals surface area contributed by atoms with E-state index in [1.165, 1.54) is 0 Å². The van der Waals surface area contributed by atoms with Crippen molar-refractivity contribution in [2.75, 3.05) is 13.2 Å². The zero-order valence-electron chi connectivity index (χ0n) is 16.2. The summed E-state index contributed by atoms with van der Waals surface area (Å²) >= 11 is 5.79. The lowest BCUT2D eigenvalue weighted by Gasteiger charge is -2.29. The highest BCUT2D eigenvalue weighted by Gasteiger charge is 2.34. The van der Waals surface area contributed by atoms with Gasteiger partial charge in [0.05, 0.1) is 34.5 Å². The third kappa shape index (κ3) is 5.00. The fourth-order valence-electron chi connectivity index (χ4n) is 2.97. The standard InChI is InChI=1S/C21H17ClF2N2O5/c1-2-30-20(28)17-16(25-21(29)26-18(17)11-6-4-3-5-7-11)10-31-19(27)12-8-14(23)15(24)9-13(12)22/h3-9,18H,2,10H2,1H3,(H2,25,26,29). The number of carbonyl (C=O) groups is 3. The van der Waals surface area contributed by atoms with Crippen LogP contribution in [0.4, 0.5) is 13.6 Å². The van der Waals surface area contributed by atoms with Crippen molar-refractivity contribution in [1.29, 1.82) is 0 Å². The molecule has 1 heterocycles. The Kier molecular flexibility index (Phi) is 6.86. The van der Waals surface area contributed by atoms with E-state index in [1.54, 1.807) is 37.3 Å². The third-order valence-corrected chi connectivity index (χ3v) is 4.67. The summed E-state index contributed by atoms with van der Waals surface area (Å²) in [6, 6.07) is 8.43. The fourth-order valence-corrected chi connectivity index (χ4v) is 3.20. The van der Waals surface area contributed by atoms with E-state index in [9.17, 15) is 23.2 Å². The van der Waals surface area contributed by atoms with Gasteiger partial charge in [0, 0.05) is 0 Å². The van der Waals surface area contributed by atoms with Gasteiger partial charge in [-0.15, -0.1) is 0 Å². The number of benzene rings is 2. The molecule has 2 amide bonds. The maximum Gasteiger partial charge on any atom is 0.340 e. The number of halogens is 3. The first-order valence-corrected chi connectivity index (χ1v) is 9.53. The summed E-state index contributed by atoms with van der Waals surface area (Å²) in [5.74, 6) is -4.28. The molecule has 2 aromatic rings. The molecule has 162 valence electrons. The zero-order valence-corrected chi connectivity index (χ0v) is 17.0. The van der Waals surface area contributed by atoms with E-state index in [2.05, 4.69) is 10.6 Å². The van der Waals surface area contributed by atoms with Crippen LogP contribution >= 0.6 is 11.6 Å². The van der Waals surface area contributed by atoms with Gasteiger partial charge in [0.2, 0.25) is 0 Å². The van der Waals surface area contributed by atoms with Gasteiger partial charge in [0.1, 0.15) is 6.61 Å². The molecule has 7 nitrogen and oxygen atoms in total. The summed E-state index contributed by atoms with van der Waals surface area (Å²) in [6.45, 7) is 1.16. The van der Waals surface area contributed by atoms with Crippen LogP contribution in [0, 0.1) is 11.6 Å². The average Bonchev–Trinajstić information content (AvgIpc) is 2.74. The quantitative estimate of drug-likeness (QED) is 0.517. The number of carbonyl (C=O) groups excluding carboxylic acids is 3. The van der Waals surface area contributed by atoms with Gasteiger partial charge in [-0.25, -0.2) is 23.2 Å². The summed E-state index contributed by atoms with van der Waals surface area (Å²) in [7, 11) is 0. The van der Waals surface area contributed by atoms with Crippen LogP contribution in [-0.4, -0.2) is 31.2 Å². The van der Waals surface area contributed by atoms with Gasteiger partial charge in [0.25, 0.3) is 0 Å². The number of amides is 2. The number of ether oxygens (including phenoxy) is 2. The predicted octanol–water partition coefficient (Wildman–Crippen LogP) is 3.65. The second-order valence-corrected chi connectivity index (χ2v) is 6.78. The molecule has 0 aromatic heterocycles. The van der Waals surface area contributed by atoms with Crippen molar-refractivity contribution in [3.05, 3.63) is 81.5 Å². The third-order valence-electron chi connectivity index (χ3n) is 4.36. The predicted molar refractivity (Wildman–Crippen MR) is 106 cm³/mol. The normalized spacial score (nSPS) is 15.7. The van der Waals surface area contributed by atoms with E-state index in [4.69, 9.17) is 21.1 Å². The van der Waals surface area contributed by atoms with Crippen LogP contribution in [0.2, 0.25) is 5.02 Å². The molecule has 1 aliphatic heterocycles. The summed E-state index contributed by atoms with van der Waals surface area (Å²) < 4.78 is 36.9. The van der Waals surface area contributed by atoms with Gasteiger partial charge < -0.3 is 20.1 Å². The summed E-state index contributed by atoms with van der Waals surface area (Å²) in [4.78, 5) is 37.1. The molecule has 2 aromatic carbocycles. The average molecular weight is 451 g/mol. The highest BCUT2D eigenvalue weighted by Crippen LogP contribution is 2.28. The van der Waals surface area contributed by atoms with E-state index in [0.717, 1.165) is 0 Å². The van der Waals surface area contributed by atoms with Crippen LogP contribution in [0.3, 0.4) is 0 Å². The topological polar surface area (TPSA) is 93.7 Å². The Morgan fingerprint density at radius 3 is 2.42 bits per heavy atom. The number of nitrogens with one attached hydrogen (secondary N) is 2. The SMILES string of the molecule is CCOC(=O)C1=C(COC(=O)c2cc(F)c(F)cc2Cl)NC(=O)NC1c1ccccc1. The Labute approximate surface area is 181 Å². The van der Waals surface area contributed by atoms with E-state index in [0.29, 0.717) is 17.7 Å². The highest BCUT2D eigenvalue weighted by atomic mass is 35.5. The maximum atomic E-state index is 13.5. The van der Waals surface area contributed by atoms with Gasteiger partial charge in [-0.1, -0.05) is 41.9 Å². The van der Waals surface area contributed by atoms with Gasteiger partial charge in [0.15, 0.2) is 11.6 Å². The minimum absolute atomic E-state index is 0.0110. The molecule has 31 heavy (non-hydrogen) atoms. The van der Waals surface area contributed by atoms with Crippen LogP contribution < -0.4 is 10.6 Å². The van der Waals surface area contributed by atoms with Crippen LogP contribution in [0.25, 0.3) is 0 Å². The molecular formula is C21H17ClF2N2O5. The maximum absolute atomic E-state index is 13.5. The second-order valence-electron chi connectivity index (χ2n) is 6.38. The van der Waals surface area contributed by atoms with E-state index in [1.807, 2.05) is 0 Å². The number of rotatable bonds is 6. The first-order chi connectivity index (χ1) is 14.8. The number of hydrogen-bond donors (Lipinski definition) is 2. The van der Waals surface area contributed by atoms with Gasteiger partial charge in [-0.3, -0.25) is 0 Å². The van der Waals surface area contributed by atoms with Gasteiger partial charge in [-0.05, 0) is 24.6 Å². The summed E-state index contributed by atoms with van der Waals surface area (Å²) in [5, 5.41) is 4.72. The molecule has 0 spiro atoms. The Bertz CT molecular complexity index is 1060. The molecular weight excluding hydrogens is 434 g/mol. The van der Waals surface area contributed by atoms with E-state index < -0.39 is 47.8 Å².